The second-order valence-corrected chi connectivity index (χ2v) is 5.50. The van der Waals surface area contributed by atoms with Crippen LogP contribution in [0.4, 0.5) is 0 Å². The molecule has 4 heteroatoms. The Hall–Kier alpha value is -1.81. The number of aliphatic hydroxyl groups is 1. The number of carbonyl (C=O) groups excluding carboxylic acids is 1. The number of aromatic nitrogens is 1. The Morgan fingerprint density at radius 3 is 2.68 bits per heavy atom. The zero-order valence-corrected chi connectivity index (χ0v) is 11.8. The molecule has 0 aliphatic carbocycles. The van der Waals surface area contributed by atoms with Gasteiger partial charge in [-0.25, -0.2) is 0 Å². The summed E-state index contributed by atoms with van der Waals surface area (Å²) in [4.78, 5) is 14.9. The molecule has 102 valence electrons. The molecular formula is C15H20N2O2. The maximum absolute atomic E-state index is 11.6. The Bertz CT molecular complexity index is 621. The van der Waals surface area contributed by atoms with Crippen LogP contribution in [0, 0.1) is 13.8 Å². The molecule has 0 fully saturated rings. The number of carbonyl (C=O) groups is 1. The van der Waals surface area contributed by atoms with E-state index in [4.69, 9.17) is 0 Å². The van der Waals surface area contributed by atoms with Crippen molar-refractivity contribution in [1.29, 1.82) is 0 Å². The van der Waals surface area contributed by atoms with Gasteiger partial charge in [0.25, 0.3) is 5.91 Å². The lowest BCUT2D eigenvalue weighted by atomic mass is 10.1. The van der Waals surface area contributed by atoms with Gasteiger partial charge in [0.2, 0.25) is 0 Å². The highest BCUT2D eigenvalue weighted by Gasteiger charge is 2.22. The van der Waals surface area contributed by atoms with Crippen LogP contribution >= 0.6 is 0 Å². The molecule has 0 unspecified atom stereocenters. The van der Waals surface area contributed by atoms with E-state index in [9.17, 15) is 9.90 Å². The molecule has 0 atom stereocenters. The van der Waals surface area contributed by atoms with Crippen LogP contribution in [-0.2, 0) is 11.3 Å². The van der Waals surface area contributed by atoms with Crippen molar-refractivity contribution in [3.05, 3.63) is 35.0 Å². The zero-order valence-electron chi connectivity index (χ0n) is 11.8. The van der Waals surface area contributed by atoms with Gasteiger partial charge in [-0.15, -0.1) is 0 Å². The van der Waals surface area contributed by atoms with E-state index in [1.165, 1.54) is 24.8 Å². The first kappa shape index (κ1) is 13.6. The van der Waals surface area contributed by atoms with E-state index in [2.05, 4.69) is 23.3 Å². The Labute approximate surface area is 112 Å². The van der Waals surface area contributed by atoms with E-state index >= 15 is 0 Å². The van der Waals surface area contributed by atoms with Gasteiger partial charge in [-0.05, 0) is 51.0 Å². The second kappa shape index (κ2) is 4.70. The predicted molar refractivity (Wildman–Crippen MR) is 75.9 cm³/mol. The zero-order chi connectivity index (χ0) is 14.2. The van der Waals surface area contributed by atoms with Crippen molar-refractivity contribution in [3.63, 3.8) is 0 Å². The SMILES string of the molecule is Cc1[nH]c2ccc(CNC(=O)C(C)(C)O)cc2c1C. The van der Waals surface area contributed by atoms with Crippen LogP contribution in [0.15, 0.2) is 18.2 Å². The highest BCUT2D eigenvalue weighted by Crippen LogP contribution is 2.22. The van der Waals surface area contributed by atoms with E-state index in [1.54, 1.807) is 0 Å². The minimum atomic E-state index is -1.34. The van der Waals surface area contributed by atoms with Crippen LogP contribution in [0.1, 0.15) is 30.7 Å². The Kier molecular flexibility index (Phi) is 3.37. The molecule has 1 aromatic carbocycles. The van der Waals surface area contributed by atoms with Gasteiger partial charge in [-0.2, -0.15) is 0 Å². The molecule has 0 aliphatic heterocycles. The summed E-state index contributed by atoms with van der Waals surface area (Å²) >= 11 is 0. The largest absolute Gasteiger partial charge is 0.381 e. The van der Waals surface area contributed by atoms with Gasteiger partial charge in [-0.1, -0.05) is 6.07 Å². The predicted octanol–water partition coefficient (Wildman–Crippen LogP) is 2.17. The average molecular weight is 260 g/mol. The number of benzene rings is 1. The van der Waals surface area contributed by atoms with Crippen molar-refractivity contribution in [3.8, 4) is 0 Å². The highest BCUT2D eigenvalue weighted by molar-refractivity contribution is 5.86. The molecule has 0 saturated heterocycles. The van der Waals surface area contributed by atoms with Gasteiger partial charge in [0.1, 0.15) is 5.60 Å². The molecule has 0 bridgehead atoms. The van der Waals surface area contributed by atoms with Gasteiger partial charge in [0.05, 0.1) is 0 Å². The minimum absolute atomic E-state index is 0.366. The van der Waals surface area contributed by atoms with Crippen LogP contribution in [0.3, 0.4) is 0 Å². The Morgan fingerprint density at radius 2 is 2.05 bits per heavy atom. The molecule has 1 aromatic heterocycles. The Morgan fingerprint density at radius 1 is 1.37 bits per heavy atom. The topological polar surface area (TPSA) is 65.1 Å². The summed E-state index contributed by atoms with van der Waals surface area (Å²) in [6.07, 6.45) is 0. The number of hydrogen-bond acceptors (Lipinski definition) is 2. The number of hydrogen-bond donors (Lipinski definition) is 3. The first-order chi connectivity index (χ1) is 8.79. The summed E-state index contributed by atoms with van der Waals surface area (Å²) in [5.41, 5.74) is 3.17. The molecule has 4 nitrogen and oxygen atoms in total. The lowest BCUT2D eigenvalue weighted by Gasteiger charge is -2.16. The van der Waals surface area contributed by atoms with E-state index < -0.39 is 5.60 Å². The maximum atomic E-state index is 11.6. The van der Waals surface area contributed by atoms with Crippen molar-refractivity contribution >= 4 is 16.8 Å². The number of aryl methyl sites for hydroxylation is 2. The maximum Gasteiger partial charge on any atom is 0.251 e. The van der Waals surface area contributed by atoms with E-state index in [0.29, 0.717) is 6.54 Å². The van der Waals surface area contributed by atoms with Crippen LogP contribution in [0.2, 0.25) is 0 Å². The molecule has 1 heterocycles. The van der Waals surface area contributed by atoms with Crippen molar-refractivity contribution in [1.82, 2.24) is 10.3 Å². The fourth-order valence-corrected chi connectivity index (χ4v) is 2.02. The fourth-order valence-electron chi connectivity index (χ4n) is 2.02. The summed E-state index contributed by atoms with van der Waals surface area (Å²) in [5, 5.41) is 13.5. The molecule has 19 heavy (non-hydrogen) atoms. The first-order valence-corrected chi connectivity index (χ1v) is 6.37. The van der Waals surface area contributed by atoms with E-state index in [1.807, 2.05) is 19.1 Å². The quantitative estimate of drug-likeness (QED) is 0.792. The van der Waals surface area contributed by atoms with E-state index in [0.717, 1.165) is 16.8 Å². The van der Waals surface area contributed by atoms with Crippen LogP contribution in [0.25, 0.3) is 10.9 Å². The summed E-state index contributed by atoms with van der Waals surface area (Å²) in [5.74, 6) is -0.366. The summed E-state index contributed by atoms with van der Waals surface area (Å²) in [7, 11) is 0. The molecule has 0 saturated carbocycles. The summed E-state index contributed by atoms with van der Waals surface area (Å²) in [6, 6.07) is 6.06. The summed E-state index contributed by atoms with van der Waals surface area (Å²) in [6.45, 7) is 7.50. The number of rotatable bonds is 3. The third-order valence-electron chi connectivity index (χ3n) is 3.38. The standard InChI is InChI=1S/C15H20N2O2/c1-9-10(2)17-13-6-5-11(7-12(9)13)8-16-14(18)15(3,4)19/h5-7,17,19H,8H2,1-4H3,(H,16,18). The number of amides is 1. The summed E-state index contributed by atoms with van der Waals surface area (Å²) < 4.78 is 0. The highest BCUT2D eigenvalue weighted by atomic mass is 16.3. The van der Waals surface area contributed by atoms with Crippen molar-refractivity contribution < 1.29 is 9.90 Å². The lowest BCUT2D eigenvalue weighted by Crippen LogP contribution is -2.41. The van der Waals surface area contributed by atoms with E-state index in [-0.39, 0.29) is 5.91 Å². The smallest absolute Gasteiger partial charge is 0.251 e. The third kappa shape index (κ3) is 2.79. The van der Waals surface area contributed by atoms with Gasteiger partial charge >= 0.3 is 0 Å². The van der Waals surface area contributed by atoms with Gasteiger partial charge < -0.3 is 15.4 Å². The second-order valence-electron chi connectivity index (χ2n) is 5.50. The Balaban J connectivity index is 2.18. The molecule has 3 N–H and O–H groups in total. The van der Waals surface area contributed by atoms with Crippen molar-refractivity contribution in [2.45, 2.75) is 39.8 Å². The number of H-pyrrole nitrogens is 1. The van der Waals surface area contributed by atoms with Gasteiger partial charge in [0, 0.05) is 23.1 Å². The lowest BCUT2D eigenvalue weighted by molar-refractivity contribution is -0.136. The molecule has 0 radical (unpaired) electrons. The van der Waals surface area contributed by atoms with Crippen LogP contribution in [0.5, 0.6) is 0 Å². The number of aromatic amines is 1. The van der Waals surface area contributed by atoms with Crippen LogP contribution in [-0.4, -0.2) is 21.6 Å². The minimum Gasteiger partial charge on any atom is -0.381 e. The van der Waals surface area contributed by atoms with Crippen LogP contribution < -0.4 is 5.32 Å². The van der Waals surface area contributed by atoms with Gasteiger partial charge in [0.15, 0.2) is 0 Å². The number of nitrogens with one attached hydrogen (secondary N) is 2. The number of fused-ring (bicyclic) bond motifs is 1. The van der Waals surface area contributed by atoms with Crippen molar-refractivity contribution in [2.24, 2.45) is 0 Å². The molecule has 2 aromatic rings. The normalized spacial score (nSPS) is 11.8. The molecule has 1 amide bonds. The third-order valence-corrected chi connectivity index (χ3v) is 3.38. The molecule has 0 aliphatic rings. The van der Waals surface area contributed by atoms with Gasteiger partial charge in [-0.3, -0.25) is 4.79 Å². The first-order valence-electron chi connectivity index (χ1n) is 6.37. The molecule has 0 spiro atoms. The monoisotopic (exact) mass is 260 g/mol. The van der Waals surface area contributed by atoms with Crippen molar-refractivity contribution in [2.75, 3.05) is 0 Å². The fraction of sp³-hybridized carbons (Fsp3) is 0.400. The molecule has 2 rings (SSSR count). The molecular weight excluding hydrogens is 240 g/mol. The average Bonchev–Trinajstić information content (AvgIpc) is 2.61.